The van der Waals surface area contributed by atoms with Crippen LogP contribution in [0.15, 0.2) is 72.8 Å². The van der Waals surface area contributed by atoms with Crippen molar-refractivity contribution in [2.45, 2.75) is 13.2 Å². The Balaban J connectivity index is 0.00000300. The van der Waals surface area contributed by atoms with Gasteiger partial charge < -0.3 is 20.9 Å². The molecule has 150 valence electrons. The van der Waals surface area contributed by atoms with Gasteiger partial charge in [0.2, 0.25) is 0 Å². The van der Waals surface area contributed by atoms with Crippen LogP contribution in [0, 0.1) is 10.8 Å². The third-order valence-corrected chi connectivity index (χ3v) is 4.12. The van der Waals surface area contributed by atoms with E-state index in [9.17, 15) is 0 Å². The second-order valence-electron chi connectivity index (χ2n) is 6.28. The molecular formula is C22H23ClN4O2. The van der Waals surface area contributed by atoms with Gasteiger partial charge in [0.15, 0.2) is 0 Å². The molecule has 7 heteroatoms. The van der Waals surface area contributed by atoms with Crippen LogP contribution in [-0.4, -0.2) is 11.7 Å². The first-order valence-corrected chi connectivity index (χ1v) is 8.73. The van der Waals surface area contributed by atoms with E-state index in [4.69, 9.17) is 31.8 Å². The molecule has 3 aromatic carbocycles. The maximum absolute atomic E-state index is 7.48. The van der Waals surface area contributed by atoms with Crippen molar-refractivity contribution in [2.24, 2.45) is 11.5 Å². The second-order valence-corrected chi connectivity index (χ2v) is 6.28. The number of amidine groups is 2. The topological polar surface area (TPSA) is 118 Å². The van der Waals surface area contributed by atoms with E-state index in [1.807, 2.05) is 48.5 Å². The third-order valence-electron chi connectivity index (χ3n) is 4.12. The number of hydrogen-bond acceptors (Lipinski definition) is 4. The summed E-state index contributed by atoms with van der Waals surface area (Å²) in [5, 5.41) is 15.0. The summed E-state index contributed by atoms with van der Waals surface area (Å²) in [7, 11) is 0. The second kappa shape index (κ2) is 10.1. The number of rotatable bonds is 8. The zero-order valence-corrected chi connectivity index (χ0v) is 16.5. The number of benzene rings is 3. The van der Waals surface area contributed by atoms with Gasteiger partial charge in [0.05, 0.1) is 0 Å². The van der Waals surface area contributed by atoms with E-state index in [0.29, 0.717) is 35.8 Å². The van der Waals surface area contributed by atoms with Gasteiger partial charge in [-0.3, -0.25) is 10.8 Å². The molecule has 0 aliphatic rings. The molecule has 0 bridgehead atoms. The van der Waals surface area contributed by atoms with Crippen LogP contribution in [0.1, 0.15) is 22.3 Å². The Bertz CT molecular complexity index is 910. The summed E-state index contributed by atoms with van der Waals surface area (Å²) in [5.41, 5.74) is 14.3. The lowest BCUT2D eigenvalue weighted by molar-refractivity contribution is 0.302. The SMILES string of the molecule is Cl.N=C(N)c1cccc(OCc2ccc(COc3cccc(C(=N)N)c3)cc2)c1. The van der Waals surface area contributed by atoms with Crippen molar-refractivity contribution in [1.82, 2.24) is 0 Å². The molecule has 3 rings (SSSR count). The minimum absolute atomic E-state index is 0. The highest BCUT2D eigenvalue weighted by atomic mass is 35.5. The highest BCUT2D eigenvalue weighted by Gasteiger charge is 2.03. The predicted molar refractivity (Wildman–Crippen MR) is 117 cm³/mol. The highest BCUT2D eigenvalue weighted by molar-refractivity contribution is 5.95. The van der Waals surface area contributed by atoms with Gasteiger partial charge in [-0.25, -0.2) is 0 Å². The summed E-state index contributed by atoms with van der Waals surface area (Å²) in [4.78, 5) is 0. The van der Waals surface area contributed by atoms with E-state index in [2.05, 4.69) is 0 Å². The molecule has 0 aliphatic carbocycles. The minimum atomic E-state index is 0. The standard InChI is InChI=1S/C22H22N4O2.ClH/c23-21(24)17-3-1-5-19(11-17)27-13-15-7-9-16(10-8-15)14-28-20-6-2-4-18(12-20)22(25)26;/h1-12H,13-14H2,(H3,23,24)(H3,25,26);1H. The van der Waals surface area contributed by atoms with Crippen molar-refractivity contribution in [3.8, 4) is 11.5 Å². The van der Waals surface area contributed by atoms with Gasteiger partial charge in [0.25, 0.3) is 0 Å². The highest BCUT2D eigenvalue weighted by Crippen LogP contribution is 2.17. The van der Waals surface area contributed by atoms with Crippen LogP contribution in [-0.2, 0) is 13.2 Å². The fourth-order valence-corrected chi connectivity index (χ4v) is 2.57. The molecule has 0 saturated carbocycles. The Morgan fingerprint density at radius 2 is 1.03 bits per heavy atom. The molecule has 0 atom stereocenters. The number of ether oxygens (including phenoxy) is 2. The predicted octanol–water partition coefficient (Wildman–Crippen LogP) is 3.83. The van der Waals surface area contributed by atoms with Crippen LogP contribution >= 0.6 is 12.4 Å². The molecule has 0 aliphatic heterocycles. The molecule has 0 spiro atoms. The van der Waals surface area contributed by atoms with Gasteiger partial charge in [-0.2, -0.15) is 0 Å². The summed E-state index contributed by atoms with van der Waals surface area (Å²) < 4.78 is 11.5. The number of nitrogens with two attached hydrogens (primary N) is 2. The van der Waals surface area contributed by atoms with Crippen LogP contribution in [0.5, 0.6) is 11.5 Å². The fraction of sp³-hybridized carbons (Fsp3) is 0.0909. The van der Waals surface area contributed by atoms with Crippen molar-refractivity contribution < 1.29 is 9.47 Å². The summed E-state index contributed by atoms with van der Waals surface area (Å²) in [6, 6.07) is 22.3. The first kappa shape index (κ1) is 21.8. The van der Waals surface area contributed by atoms with E-state index in [0.717, 1.165) is 11.1 Å². The molecule has 6 nitrogen and oxygen atoms in total. The molecule has 0 aromatic heterocycles. The smallest absolute Gasteiger partial charge is 0.122 e. The van der Waals surface area contributed by atoms with Crippen molar-refractivity contribution >= 4 is 24.1 Å². The lowest BCUT2D eigenvalue weighted by Crippen LogP contribution is -2.11. The molecule has 0 fully saturated rings. The minimum Gasteiger partial charge on any atom is -0.489 e. The molecule has 0 heterocycles. The summed E-state index contributed by atoms with van der Waals surface area (Å²) >= 11 is 0. The molecule has 0 amide bonds. The Labute approximate surface area is 175 Å². The van der Waals surface area contributed by atoms with Crippen molar-refractivity contribution in [3.63, 3.8) is 0 Å². The largest absolute Gasteiger partial charge is 0.489 e. The maximum atomic E-state index is 7.48. The van der Waals surface area contributed by atoms with Gasteiger partial charge in [0.1, 0.15) is 36.4 Å². The number of nitrogen functional groups attached to an aromatic ring is 2. The van der Waals surface area contributed by atoms with E-state index in [1.54, 1.807) is 24.3 Å². The van der Waals surface area contributed by atoms with Gasteiger partial charge >= 0.3 is 0 Å². The molecule has 6 N–H and O–H groups in total. The zero-order chi connectivity index (χ0) is 19.9. The van der Waals surface area contributed by atoms with E-state index < -0.39 is 0 Å². The zero-order valence-electron chi connectivity index (χ0n) is 15.7. The quantitative estimate of drug-likeness (QED) is 0.333. The summed E-state index contributed by atoms with van der Waals surface area (Å²) in [6.07, 6.45) is 0. The number of nitrogens with one attached hydrogen (secondary N) is 2. The third kappa shape index (κ3) is 6.26. The Kier molecular flexibility index (Phi) is 7.62. The van der Waals surface area contributed by atoms with Gasteiger partial charge in [0, 0.05) is 11.1 Å². The van der Waals surface area contributed by atoms with Gasteiger partial charge in [-0.1, -0.05) is 48.5 Å². The van der Waals surface area contributed by atoms with Crippen LogP contribution in [0.25, 0.3) is 0 Å². The van der Waals surface area contributed by atoms with Crippen molar-refractivity contribution in [1.29, 1.82) is 10.8 Å². The normalized spacial score (nSPS) is 9.93. The van der Waals surface area contributed by atoms with Crippen molar-refractivity contribution in [3.05, 3.63) is 95.1 Å². The first-order valence-electron chi connectivity index (χ1n) is 8.73. The average molecular weight is 411 g/mol. The van der Waals surface area contributed by atoms with E-state index >= 15 is 0 Å². The maximum Gasteiger partial charge on any atom is 0.122 e. The molecule has 0 radical (unpaired) electrons. The molecule has 3 aromatic rings. The summed E-state index contributed by atoms with van der Waals surface area (Å²) in [6.45, 7) is 0.840. The molecule has 0 saturated heterocycles. The van der Waals surface area contributed by atoms with Gasteiger partial charge in [-0.15, -0.1) is 12.4 Å². The number of hydrogen-bond donors (Lipinski definition) is 4. The monoisotopic (exact) mass is 410 g/mol. The van der Waals surface area contributed by atoms with E-state index in [1.165, 1.54) is 0 Å². The van der Waals surface area contributed by atoms with Crippen LogP contribution in [0.3, 0.4) is 0 Å². The fourth-order valence-electron chi connectivity index (χ4n) is 2.57. The Morgan fingerprint density at radius 3 is 1.38 bits per heavy atom. The molecular weight excluding hydrogens is 388 g/mol. The lowest BCUT2D eigenvalue weighted by Gasteiger charge is -2.10. The first-order chi connectivity index (χ1) is 13.5. The van der Waals surface area contributed by atoms with Crippen molar-refractivity contribution in [2.75, 3.05) is 0 Å². The average Bonchev–Trinajstić information content (AvgIpc) is 2.72. The lowest BCUT2D eigenvalue weighted by atomic mass is 10.1. The molecule has 0 unspecified atom stereocenters. The van der Waals surface area contributed by atoms with Crippen LogP contribution in [0.4, 0.5) is 0 Å². The summed E-state index contributed by atoms with van der Waals surface area (Å²) in [5.74, 6) is 1.38. The van der Waals surface area contributed by atoms with Gasteiger partial charge in [-0.05, 0) is 35.4 Å². The van der Waals surface area contributed by atoms with E-state index in [-0.39, 0.29) is 24.1 Å². The van der Waals surface area contributed by atoms with Crippen LogP contribution < -0.4 is 20.9 Å². The Morgan fingerprint density at radius 1 is 0.655 bits per heavy atom. The van der Waals surface area contributed by atoms with Crippen LogP contribution in [0.2, 0.25) is 0 Å². The number of halogens is 1. The molecule has 29 heavy (non-hydrogen) atoms. The Hall–Kier alpha value is -3.51.